The molecule has 0 saturated carbocycles. The van der Waals surface area contributed by atoms with Gasteiger partial charge in [-0.05, 0) is 45.2 Å². The van der Waals surface area contributed by atoms with Gasteiger partial charge < -0.3 is 24.9 Å². The molecule has 0 spiro atoms. The van der Waals surface area contributed by atoms with Crippen molar-refractivity contribution in [3.63, 3.8) is 0 Å². The van der Waals surface area contributed by atoms with Gasteiger partial charge in [0.15, 0.2) is 5.06 Å². The van der Waals surface area contributed by atoms with Crippen LogP contribution in [-0.2, 0) is 0 Å². The fraction of sp³-hybridized carbons (Fsp3) is 0.600. The first-order valence-corrected chi connectivity index (χ1v) is 5.93. The van der Waals surface area contributed by atoms with Crippen molar-refractivity contribution in [1.29, 1.82) is 0 Å². The van der Waals surface area contributed by atoms with Crippen molar-refractivity contribution >= 4 is 18.7 Å². The predicted molar refractivity (Wildman–Crippen MR) is 67.7 cm³/mol. The normalized spacial score (nSPS) is 11.5. The molecule has 1 aromatic heterocycles. The molecular weight excluding hydrogens is 243 g/mol. The van der Waals surface area contributed by atoms with Crippen LogP contribution in [0.5, 0.6) is 5.06 Å². The lowest BCUT2D eigenvalue weighted by Crippen LogP contribution is -2.49. The van der Waals surface area contributed by atoms with E-state index in [1.165, 1.54) is 11.3 Å². The first kappa shape index (κ1) is 16.4. The van der Waals surface area contributed by atoms with Crippen molar-refractivity contribution in [2.24, 2.45) is 0 Å². The van der Waals surface area contributed by atoms with E-state index < -0.39 is 18.5 Å². The maximum Gasteiger partial charge on any atom is 0.631 e. The van der Waals surface area contributed by atoms with Crippen LogP contribution < -0.4 is 4.74 Å². The van der Waals surface area contributed by atoms with Gasteiger partial charge in [0.1, 0.15) is 5.60 Å². The van der Waals surface area contributed by atoms with Crippen molar-refractivity contribution in [2.45, 2.75) is 38.9 Å². The van der Waals surface area contributed by atoms with Gasteiger partial charge in [-0.3, -0.25) is 0 Å². The molecule has 1 aromatic rings. The Morgan fingerprint density at radius 3 is 1.94 bits per heavy atom. The van der Waals surface area contributed by atoms with E-state index in [1.807, 2.05) is 31.4 Å². The Balaban J connectivity index is 0.000000557. The summed E-state index contributed by atoms with van der Waals surface area (Å²) in [7, 11) is -2.17. The Morgan fingerprint density at radius 2 is 1.65 bits per heavy atom. The molecule has 98 valence electrons. The van der Waals surface area contributed by atoms with Crippen LogP contribution in [0.4, 0.5) is 0 Å². The summed E-state index contributed by atoms with van der Waals surface area (Å²) >= 11 is 1.53. The average Bonchev–Trinajstić information content (AvgIpc) is 2.52. The first-order chi connectivity index (χ1) is 7.56. The van der Waals surface area contributed by atoms with Crippen LogP contribution in [0.15, 0.2) is 17.5 Å². The number of aliphatic hydroxyl groups is 1. The van der Waals surface area contributed by atoms with E-state index in [2.05, 4.69) is 0 Å². The Labute approximate surface area is 105 Å². The largest absolute Gasteiger partial charge is 0.631 e. The minimum atomic E-state index is -2.17. The molecule has 5 nitrogen and oxygen atoms in total. The third kappa shape index (κ3) is 6.65. The lowest BCUT2D eigenvalue weighted by molar-refractivity contribution is -0.0889. The second-order valence-corrected chi connectivity index (χ2v) is 5.36. The van der Waals surface area contributed by atoms with Crippen molar-refractivity contribution in [1.82, 2.24) is 0 Å². The summed E-state index contributed by atoms with van der Waals surface area (Å²) in [5.74, 6) is 0. The molecule has 7 heteroatoms. The molecule has 0 aliphatic rings. The van der Waals surface area contributed by atoms with Gasteiger partial charge in [-0.2, -0.15) is 0 Å². The number of hydrogen-bond acceptors (Lipinski definition) is 6. The predicted octanol–water partition coefficient (Wildman–Crippen LogP) is 0.625. The third-order valence-corrected chi connectivity index (χ3v) is 3.07. The fourth-order valence-electron chi connectivity index (χ4n) is 0.698. The summed E-state index contributed by atoms with van der Waals surface area (Å²) < 4.78 is 5.67. The fourth-order valence-corrected chi connectivity index (χ4v) is 1.40. The maximum absolute atomic E-state index is 9.82. The van der Waals surface area contributed by atoms with Gasteiger partial charge in [0.2, 0.25) is 0 Å². The Kier molecular flexibility index (Phi) is 6.14. The van der Waals surface area contributed by atoms with Crippen LogP contribution in [0.3, 0.4) is 0 Å². The van der Waals surface area contributed by atoms with E-state index in [9.17, 15) is 5.11 Å². The van der Waals surface area contributed by atoms with Gasteiger partial charge in [0.05, 0.1) is 5.60 Å². The van der Waals surface area contributed by atoms with Crippen molar-refractivity contribution in [3.8, 4) is 5.06 Å². The lowest BCUT2D eigenvalue weighted by atomic mass is 9.90. The van der Waals surface area contributed by atoms with Crippen LogP contribution in [0.25, 0.3) is 0 Å². The Hall–Kier alpha value is -0.595. The van der Waals surface area contributed by atoms with Crippen molar-refractivity contribution < 1.29 is 24.9 Å². The molecular formula is C10H19BO5S. The highest BCUT2D eigenvalue weighted by Crippen LogP contribution is 2.30. The van der Waals surface area contributed by atoms with E-state index in [0.29, 0.717) is 0 Å². The van der Waals surface area contributed by atoms with Gasteiger partial charge in [-0.15, -0.1) is 11.3 Å². The van der Waals surface area contributed by atoms with Crippen LogP contribution in [-0.4, -0.2) is 38.7 Å². The van der Waals surface area contributed by atoms with E-state index in [0.717, 1.165) is 5.06 Å². The maximum atomic E-state index is 9.82. The summed E-state index contributed by atoms with van der Waals surface area (Å²) in [6, 6.07) is 3.83. The van der Waals surface area contributed by atoms with E-state index in [4.69, 9.17) is 19.8 Å². The van der Waals surface area contributed by atoms with E-state index >= 15 is 0 Å². The highest BCUT2D eigenvalue weighted by Gasteiger charge is 2.37. The molecule has 1 heterocycles. The van der Waals surface area contributed by atoms with Crippen molar-refractivity contribution in [2.75, 3.05) is 0 Å². The van der Waals surface area contributed by atoms with Crippen LogP contribution >= 0.6 is 11.3 Å². The zero-order chi connectivity index (χ0) is 13.7. The molecule has 0 radical (unpaired) electrons. The van der Waals surface area contributed by atoms with Crippen LogP contribution in [0.1, 0.15) is 27.7 Å². The highest BCUT2D eigenvalue weighted by atomic mass is 32.1. The third-order valence-electron chi connectivity index (χ3n) is 2.32. The monoisotopic (exact) mass is 262 g/mol. The Bertz CT molecular complexity index is 302. The molecule has 0 bridgehead atoms. The SMILES string of the molecule is CC(C)(O)C(C)(C)Oc1cccs1.OB(O)O. The van der Waals surface area contributed by atoms with Gasteiger partial charge in [0, 0.05) is 0 Å². The quantitative estimate of drug-likeness (QED) is 0.600. The summed E-state index contributed by atoms with van der Waals surface area (Å²) in [6.45, 7) is 7.26. The van der Waals surface area contributed by atoms with Gasteiger partial charge in [0.25, 0.3) is 0 Å². The van der Waals surface area contributed by atoms with Crippen molar-refractivity contribution in [3.05, 3.63) is 17.5 Å². The van der Waals surface area contributed by atoms with Gasteiger partial charge >= 0.3 is 7.32 Å². The summed E-state index contributed by atoms with van der Waals surface area (Å²) in [5, 5.41) is 34.1. The summed E-state index contributed by atoms with van der Waals surface area (Å²) in [5.41, 5.74) is -1.42. The summed E-state index contributed by atoms with van der Waals surface area (Å²) in [4.78, 5) is 0. The van der Waals surface area contributed by atoms with Gasteiger partial charge in [-0.25, -0.2) is 0 Å². The molecule has 4 N–H and O–H groups in total. The molecule has 0 amide bonds. The highest BCUT2D eigenvalue weighted by molar-refractivity contribution is 7.11. The topological polar surface area (TPSA) is 90.2 Å². The molecule has 1 rings (SSSR count). The van der Waals surface area contributed by atoms with Crippen LogP contribution in [0.2, 0.25) is 0 Å². The molecule has 0 aliphatic carbocycles. The zero-order valence-corrected chi connectivity index (χ0v) is 11.2. The minimum absolute atomic E-state index is 0.572. The zero-order valence-electron chi connectivity index (χ0n) is 10.4. The number of thiophene rings is 1. The standard InChI is InChI=1S/C10H16O2S.BH3O3/c1-9(2,11)10(3,4)12-8-6-5-7-13-8;2-1(3)4/h5-7,11H,1-4H3;2-4H. The molecule has 0 unspecified atom stereocenters. The van der Waals surface area contributed by atoms with E-state index in [1.54, 1.807) is 13.8 Å². The van der Waals surface area contributed by atoms with Gasteiger partial charge in [-0.1, -0.05) is 0 Å². The number of hydrogen-bond donors (Lipinski definition) is 4. The van der Waals surface area contributed by atoms with Crippen LogP contribution in [0, 0.1) is 0 Å². The number of rotatable bonds is 3. The Morgan fingerprint density at radius 1 is 1.18 bits per heavy atom. The molecule has 0 aliphatic heterocycles. The molecule has 0 fully saturated rings. The molecule has 0 aromatic carbocycles. The second-order valence-electron chi connectivity index (χ2n) is 4.45. The molecule has 0 atom stereocenters. The lowest BCUT2D eigenvalue weighted by Gasteiger charge is -2.36. The van der Waals surface area contributed by atoms with E-state index in [-0.39, 0.29) is 0 Å². The average molecular weight is 262 g/mol. The second kappa shape index (κ2) is 6.37. The number of ether oxygens (including phenoxy) is 1. The molecule has 0 saturated heterocycles. The molecule has 17 heavy (non-hydrogen) atoms. The smallest absolute Gasteiger partial charge is 0.475 e. The first-order valence-electron chi connectivity index (χ1n) is 5.05. The summed E-state index contributed by atoms with van der Waals surface area (Å²) in [6.07, 6.45) is 0. The minimum Gasteiger partial charge on any atom is -0.475 e.